The van der Waals surface area contributed by atoms with Crippen molar-refractivity contribution in [2.45, 2.75) is 20.8 Å². The van der Waals surface area contributed by atoms with Crippen molar-refractivity contribution in [3.8, 4) is 17.5 Å². The molecule has 0 radical (unpaired) electrons. The minimum atomic E-state index is -0.928. The van der Waals surface area contributed by atoms with Crippen LogP contribution in [0.2, 0.25) is 0 Å². The molecule has 34 heavy (non-hydrogen) atoms. The van der Waals surface area contributed by atoms with E-state index in [0.29, 0.717) is 11.1 Å². The summed E-state index contributed by atoms with van der Waals surface area (Å²) in [5.41, 5.74) is 3.99. The fourth-order valence-corrected chi connectivity index (χ4v) is 3.48. The van der Waals surface area contributed by atoms with Gasteiger partial charge >= 0.3 is 5.97 Å². The molecule has 0 unspecified atom stereocenters. The topological polar surface area (TPSA) is 93.3 Å². The quantitative estimate of drug-likeness (QED) is 0.314. The maximum absolute atomic E-state index is 13.4. The minimum Gasteiger partial charge on any atom is -0.497 e. The number of nitrogens with one attached hydrogen (secondary N) is 1. The third-order valence-corrected chi connectivity index (χ3v) is 5.25. The Hall–Kier alpha value is -4.38. The number of anilines is 1. The number of hydrogen-bond acceptors (Lipinski definition) is 5. The SMILES string of the molecule is COc1ccc(-n2c(C)cc(/C=C(\C#N)C(=O)OCC(=O)Nc3cc(F)ccc3C)c2C)cc1. The van der Waals surface area contributed by atoms with Crippen LogP contribution in [0.3, 0.4) is 0 Å². The summed E-state index contributed by atoms with van der Waals surface area (Å²) < 4.78 is 25.6. The van der Waals surface area contributed by atoms with Crippen LogP contribution in [-0.2, 0) is 14.3 Å². The number of esters is 1. The summed E-state index contributed by atoms with van der Waals surface area (Å²) in [4.78, 5) is 24.6. The predicted octanol–water partition coefficient (Wildman–Crippen LogP) is 4.64. The summed E-state index contributed by atoms with van der Waals surface area (Å²) in [7, 11) is 1.60. The van der Waals surface area contributed by atoms with Crippen molar-refractivity contribution in [3.05, 3.63) is 82.4 Å². The average Bonchev–Trinajstić information content (AvgIpc) is 3.10. The molecule has 0 bridgehead atoms. The zero-order valence-electron chi connectivity index (χ0n) is 19.3. The second-order valence-corrected chi connectivity index (χ2v) is 7.61. The van der Waals surface area contributed by atoms with Crippen molar-refractivity contribution in [2.24, 2.45) is 0 Å². The van der Waals surface area contributed by atoms with Crippen LogP contribution in [-0.4, -0.2) is 30.2 Å². The number of benzene rings is 2. The van der Waals surface area contributed by atoms with Gasteiger partial charge in [0.15, 0.2) is 6.61 Å². The molecule has 1 amide bonds. The van der Waals surface area contributed by atoms with Gasteiger partial charge in [0.2, 0.25) is 0 Å². The zero-order valence-corrected chi connectivity index (χ0v) is 19.3. The molecule has 0 atom stereocenters. The number of hydrogen-bond donors (Lipinski definition) is 1. The van der Waals surface area contributed by atoms with E-state index < -0.39 is 24.3 Å². The predicted molar refractivity (Wildman–Crippen MR) is 126 cm³/mol. The standard InChI is InChI=1S/C26H24FN3O4/c1-16-5-6-21(27)13-24(16)29-25(31)15-34-26(32)20(14-28)12-19-11-17(2)30(18(19)3)22-7-9-23(33-4)10-8-22/h5-13H,15H2,1-4H3,(H,29,31)/b20-12+. The molecule has 3 aromatic rings. The molecule has 3 rings (SSSR count). The van der Waals surface area contributed by atoms with Crippen molar-refractivity contribution >= 4 is 23.6 Å². The molecule has 0 fully saturated rings. The molecule has 174 valence electrons. The molecular formula is C26H24FN3O4. The molecule has 8 heteroatoms. The highest BCUT2D eigenvalue weighted by Crippen LogP contribution is 2.24. The number of rotatable bonds is 7. The molecular weight excluding hydrogens is 437 g/mol. The number of halogens is 1. The summed E-state index contributed by atoms with van der Waals surface area (Å²) in [5, 5.41) is 12.0. The number of aromatic nitrogens is 1. The Bertz CT molecular complexity index is 1300. The Morgan fingerprint density at radius 2 is 1.82 bits per heavy atom. The number of nitrogens with zero attached hydrogens (tertiary/aromatic N) is 2. The minimum absolute atomic E-state index is 0.246. The highest BCUT2D eigenvalue weighted by atomic mass is 19.1. The zero-order chi connectivity index (χ0) is 24.8. The van der Waals surface area contributed by atoms with Crippen molar-refractivity contribution in [1.82, 2.24) is 4.57 Å². The largest absolute Gasteiger partial charge is 0.497 e. The van der Waals surface area contributed by atoms with E-state index in [1.807, 2.05) is 54.8 Å². The van der Waals surface area contributed by atoms with Gasteiger partial charge in [-0.2, -0.15) is 5.26 Å². The fraction of sp³-hybridized carbons (Fsp3) is 0.192. The number of amides is 1. The van der Waals surface area contributed by atoms with Crippen LogP contribution in [0.1, 0.15) is 22.5 Å². The van der Waals surface area contributed by atoms with Gasteiger partial charge < -0.3 is 19.4 Å². The van der Waals surface area contributed by atoms with Crippen LogP contribution in [0.25, 0.3) is 11.8 Å². The maximum atomic E-state index is 13.4. The number of aryl methyl sites for hydroxylation is 2. The lowest BCUT2D eigenvalue weighted by Gasteiger charge is -2.10. The van der Waals surface area contributed by atoms with Crippen molar-refractivity contribution < 1.29 is 23.5 Å². The molecule has 2 aromatic carbocycles. The lowest BCUT2D eigenvalue weighted by atomic mass is 10.1. The van der Waals surface area contributed by atoms with E-state index in [1.54, 1.807) is 14.0 Å². The van der Waals surface area contributed by atoms with Gasteiger partial charge in [0.05, 0.1) is 7.11 Å². The van der Waals surface area contributed by atoms with Gasteiger partial charge in [-0.25, -0.2) is 9.18 Å². The lowest BCUT2D eigenvalue weighted by Crippen LogP contribution is -2.21. The lowest BCUT2D eigenvalue weighted by molar-refractivity contribution is -0.142. The van der Waals surface area contributed by atoms with Gasteiger partial charge in [-0.1, -0.05) is 6.07 Å². The Morgan fingerprint density at radius 3 is 2.47 bits per heavy atom. The number of ether oxygens (including phenoxy) is 2. The van der Waals surface area contributed by atoms with Gasteiger partial charge in [0, 0.05) is 22.8 Å². The van der Waals surface area contributed by atoms with Crippen LogP contribution in [0.15, 0.2) is 54.1 Å². The fourth-order valence-electron chi connectivity index (χ4n) is 3.48. The maximum Gasteiger partial charge on any atom is 0.349 e. The smallest absolute Gasteiger partial charge is 0.349 e. The molecule has 1 aromatic heterocycles. The Balaban J connectivity index is 1.73. The highest BCUT2D eigenvalue weighted by molar-refractivity contribution is 6.00. The number of carbonyl (C=O) groups excluding carboxylic acids is 2. The normalized spacial score (nSPS) is 11.0. The summed E-state index contributed by atoms with van der Waals surface area (Å²) in [6.07, 6.45) is 1.43. The number of methoxy groups -OCH3 is 1. The number of nitriles is 1. The van der Waals surface area contributed by atoms with Crippen LogP contribution < -0.4 is 10.1 Å². The van der Waals surface area contributed by atoms with E-state index in [1.165, 1.54) is 24.3 Å². The molecule has 7 nitrogen and oxygen atoms in total. The first-order chi connectivity index (χ1) is 16.2. The summed E-state index contributed by atoms with van der Waals surface area (Å²) >= 11 is 0. The molecule has 1 heterocycles. The van der Waals surface area contributed by atoms with E-state index in [2.05, 4.69) is 5.32 Å². The molecule has 1 N–H and O–H groups in total. The van der Waals surface area contributed by atoms with Crippen LogP contribution in [0.4, 0.5) is 10.1 Å². The third-order valence-electron chi connectivity index (χ3n) is 5.25. The summed E-state index contributed by atoms with van der Waals surface area (Å²) in [6.45, 7) is 4.88. The van der Waals surface area contributed by atoms with Crippen molar-refractivity contribution in [2.75, 3.05) is 19.0 Å². The molecule has 0 aliphatic heterocycles. The second kappa shape index (κ2) is 10.5. The van der Waals surface area contributed by atoms with Crippen molar-refractivity contribution in [1.29, 1.82) is 5.26 Å². The molecule has 0 saturated carbocycles. The summed E-state index contributed by atoms with van der Waals surface area (Å²) in [5.74, 6) is -1.34. The van der Waals surface area contributed by atoms with Gasteiger partial charge in [-0.05, 0) is 80.4 Å². The average molecular weight is 461 g/mol. The van der Waals surface area contributed by atoms with Crippen LogP contribution in [0.5, 0.6) is 5.75 Å². The van der Waals surface area contributed by atoms with E-state index in [-0.39, 0.29) is 11.3 Å². The first-order valence-electron chi connectivity index (χ1n) is 10.4. The third kappa shape index (κ3) is 5.51. The van der Waals surface area contributed by atoms with E-state index in [9.17, 15) is 19.2 Å². The molecule has 0 spiro atoms. The molecule has 0 saturated heterocycles. The first kappa shape index (κ1) is 24.3. The highest BCUT2D eigenvalue weighted by Gasteiger charge is 2.16. The van der Waals surface area contributed by atoms with E-state index in [0.717, 1.165) is 22.8 Å². The van der Waals surface area contributed by atoms with Gasteiger partial charge in [-0.3, -0.25) is 4.79 Å². The first-order valence-corrected chi connectivity index (χ1v) is 10.4. The summed E-state index contributed by atoms with van der Waals surface area (Å²) in [6, 6.07) is 15.2. The Kier molecular flexibility index (Phi) is 7.49. The van der Waals surface area contributed by atoms with Crippen molar-refractivity contribution in [3.63, 3.8) is 0 Å². The molecule has 0 aliphatic rings. The monoisotopic (exact) mass is 461 g/mol. The number of carbonyl (C=O) groups is 2. The second-order valence-electron chi connectivity index (χ2n) is 7.61. The Morgan fingerprint density at radius 1 is 1.12 bits per heavy atom. The van der Waals surface area contributed by atoms with E-state index >= 15 is 0 Å². The Labute approximate surface area is 197 Å². The van der Waals surface area contributed by atoms with Crippen LogP contribution in [0, 0.1) is 37.9 Å². The van der Waals surface area contributed by atoms with Crippen LogP contribution >= 0.6 is 0 Å². The van der Waals surface area contributed by atoms with Gasteiger partial charge in [0.25, 0.3) is 5.91 Å². The van der Waals surface area contributed by atoms with Gasteiger partial charge in [-0.15, -0.1) is 0 Å². The van der Waals surface area contributed by atoms with Gasteiger partial charge in [0.1, 0.15) is 23.2 Å². The van der Waals surface area contributed by atoms with E-state index in [4.69, 9.17) is 9.47 Å². The molecule has 0 aliphatic carbocycles.